The van der Waals surface area contributed by atoms with Crippen LogP contribution >= 0.6 is 0 Å². The van der Waals surface area contributed by atoms with Gasteiger partial charge in [0.15, 0.2) is 0 Å². The van der Waals surface area contributed by atoms with Crippen molar-refractivity contribution in [1.29, 1.82) is 0 Å². The molecular formula is C12H17F3O. The van der Waals surface area contributed by atoms with Gasteiger partial charge in [-0.15, -0.1) is 0 Å². The molecular weight excluding hydrogens is 217 g/mol. The fraction of sp³-hybridized carbons (Fsp3) is 0.500. The molecule has 0 radical (unpaired) electrons. The van der Waals surface area contributed by atoms with Crippen LogP contribution in [0.1, 0.15) is 31.9 Å². The van der Waals surface area contributed by atoms with E-state index in [1.54, 1.807) is 0 Å². The lowest BCUT2D eigenvalue weighted by atomic mass is 10.0. The van der Waals surface area contributed by atoms with E-state index in [-0.39, 0.29) is 5.56 Å². The number of aliphatic hydroxyl groups is 1. The number of alkyl halides is 2. The molecule has 16 heavy (non-hydrogen) atoms. The molecule has 0 amide bonds. The second-order valence-corrected chi connectivity index (χ2v) is 3.24. The molecule has 92 valence electrons. The van der Waals surface area contributed by atoms with Crippen LogP contribution in [-0.2, 0) is 5.92 Å². The number of benzene rings is 1. The van der Waals surface area contributed by atoms with E-state index in [4.69, 9.17) is 5.11 Å². The normalized spacial score (nSPS) is 12.8. The van der Waals surface area contributed by atoms with Crippen LogP contribution in [0.5, 0.6) is 0 Å². The van der Waals surface area contributed by atoms with E-state index in [2.05, 4.69) is 0 Å². The molecule has 1 nitrogen and oxygen atoms in total. The third kappa shape index (κ3) is 2.98. The predicted octanol–water partition coefficient (Wildman–Crippen LogP) is 3.63. The van der Waals surface area contributed by atoms with E-state index >= 15 is 0 Å². The Bertz CT molecular complexity index is 335. The first kappa shape index (κ1) is 15.0. The Morgan fingerprint density at radius 1 is 1.25 bits per heavy atom. The highest BCUT2D eigenvalue weighted by Crippen LogP contribution is 2.34. The van der Waals surface area contributed by atoms with E-state index < -0.39 is 23.4 Å². The van der Waals surface area contributed by atoms with Gasteiger partial charge < -0.3 is 5.11 Å². The van der Waals surface area contributed by atoms with Gasteiger partial charge in [0.05, 0.1) is 5.56 Å². The third-order valence-electron chi connectivity index (χ3n) is 2.08. The zero-order chi connectivity index (χ0) is 12.9. The summed E-state index contributed by atoms with van der Waals surface area (Å²) in [7, 11) is 0. The molecule has 1 aromatic rings. The summed E-state index contributed by atoms with van der Waals surface area (Å²) < 4.78 is 39.7. The van der Waals surface area contributed by atoms with Crippen LogP contribution in [0.25, 0.3) is 0 Å². The molecule has 0 unspecified atom stereocenters. The van der Waals surface area contributed by atoms with Gasteiger partial charge in [-0.2, -0.15) is 8.78 Å². The van der Waals surface area contributed by atoms with Gasteiger partial charge in [0.25, 0.3) is 0 Å². The molecule has 0 saturated carbocycles. The summed E-state index contributed by atoms with van der Waals surface area (Å²) in [5, 5.41) is 8.83. The Kier molecular flexibility index (Phi) is 5.51. The Hall–Kier alpha value is -1.03. The quantitative estimate of drug-likeness (QED) is 0.828. The van der Waals surface area contributed by atoms with Gasteiger partial charge in [-0.3, -0.25) is 0 Å². The van der Waals surface area contributed by atoms with E-state index in [1.165, 1.54) is 19.1 Å². The number of aliphatic hydroxyl groups excluding tert-OH is 1. The number of hydrogen-bond acceptors (Lipinski definition) is 1. The molecule has 0 heterocycles. The molecule has 0 bridgehead atoms. The van der Waals surface area contributed by atoms with Crippen LogP contribution in [0.3, 0.4) is 0 Å². The minimum atomic E-state index is -3.55. The summed E-state index contributed by atoms with van der Waals surface area (Å²) in [4.78, 5) is 0. The maximum atomic E-state index is 13.3. The fourth-order valence-corrected chi connectivity index (χ4v) is 1.13. The monoisotopic (exact) mass is 234 g/mol. The van der Waals surface area contributed by atoms with E-state index in [1.807, 2.05) is 13.8 Å². The van der Waals surface area contributed by atoms with Crippen molar-refractivity contribution >= 4 is 0 Å². The number of rotatable bonds is 2. The Labute approximate surface area is 93.9 Å². The zero-order valence-electron chi connectivity index (χ0n) is 9.89. The van der Waals surface area contributed by atoms with Crippen molar-refractivity contribution < 1.29 is 18.3 Å². The number of aryl methyl sites for hydroxylation is 1. The lowest BCUT2D eigenvalue weighted by Crippen LogP contribution is -2.29. The largest absolute Gasteiger partial charge is 0.387 e. The molecule has 0 saturated heterocycles. The van der Waals surface area contributed by atoms with Crippen LogP contribution in [-0.4, -0.2) is 11.2 Å². The first-order valence-corrected chi connectivity index (χ1v) is 5.19. The van der Waals surface area contributed by atoms with Gasteiger partial charge in [-0.25, -0.2) is 4.39 Å². The van der Waals surface area contributed by atoms with Crippen LogP contribution in [0, 0.1) is 12.7 Å². The standard InChI is InChI=1S/C10H11F3O.C2H6/c1-6-4-3-5-8(9(6)11)10(12,13)7(2)14;1-2/h3-5,7,14H,1-2H3;1-2H3/t7-;/m1./s1. The molecule has 0 aliphatic rings. The van der Waals surface area contributed by atoms with Gasteiger partial charge in [0, 0.05) is 0 Å². The van der Waals surface area contributed by atoms with E-state index in [0.29, 0.717) is 0 Å². The SMILES string of the molecule is CC.Cc1cccc(C(F)(F)[C@@H](C)O)c1F. The van der Waals surface area contributed by atoms with Crippen molar-refractivity contribution in [3.05, 3.63) is 35.1 Å². The molecule has 0 fully saturated rings. The zero-order valence-corrected chi connectivity index (χ0v) is 9.89. The minimum Gasteiger partial charge on any atom is -0.387 e. The maximum Gasteiger partial charge on any atom is 0.301 e. The molecule has 0 aliphatic heterocycles. The van der Waals surface area contributed by atoms with E-state index in [0.717, 1.165) is 13.0 Å². The maximum absolute atomic E-state index is 13.3. The van der Waals surface area contributed by atoms with Crippen molar-refractivity contribution in [3.8, 4) is 0 Å². The number of hydrogen-bond donors (Lipinski definition) is 1. The molecule has 1 aromatic carbocycles. The minimum absolute atomic E-state index is 0.142. The van der Waals surface area contributed by atoms with Crippen molar-refractivity contribution in [2.75, 3.05) is 0 Å². The Morgan fingerprint density at radius 3 is 2.19 bits per heavy atom. The molecule has 0 spiro atoms. The first-order chi connectivity index (χ1) is 7.37. The molecule has 0 aliphatic carbocycles. The van der Waals surface area contributed by atoms with Crippen molar-refractivity contribution in [3.63, 3.8) is 0 Å². The van der Waals surface area contributed by atoms with Crippen molar-refractivity contribution in [2.45, 2.75) is 39.7 Å². The van der Waals surface area contributed by atoms with Crippen molar-refractivity contribution in [1.82, 2.24) is 0 Å². The molecule has 1 rings (SSSR count). The van der Waals surface area contributed by atoms with E-state index in [9.17, 15) is 13.2 Å². The Morgan fingerprint density at radius 2 is 1.75 bits per heavy atom. The molecule has 4 heteroatoms. The summed E-state index contributed by atoms with van der Waals surface area (Å²) in [6.45, 7) is 6.33. The average molecular weight is 234 g/mol. The Balaban J connectivity index is 0.00000106. The predicted molar refractivity (Wildman–Crippen MR) is 58.1 cm³/mol. The van der Waals surface area contributed by atoms with Crippen LogP contribution in [0.15, 0.2) is 18.2 Å². The topological polar surface area (TPSA) is 20.2 Å². The van der Waals surface area contributed by atoms with Gasteiger partial charge in [0.1, 0.15) is 11.9 Å². The van der Waals surface area contributed by atoms with Gasteiger partial charge in [-0.05, 0) is 25.5 Å². The van der Waals surface area contributed by atoms with Crippen LogP contribution in [0.2, 0.25) is 0 Å². The smallest absolute Gasteiger partial charge is 0.301 e. The molecule has 1 atom stereocenters. The highest BCUT2D eigenvalue weighted by molar-refractivity contribution is 5.29. The van der Waals surface area contributed by atoms with Crippen molar-refractivity contribution in [2.24, 2.45) is 0 Å². The third-order valence-corrected chi connectivity index (χ3v) is 2.08. The summed E-state index contributed by atoms with van der Waals surface area (Å²) >= 11 is 0. The highest BCUT2D eigenvalue weighted by Gasteiger charge is 2.40. The van der Waals surface area contributed by atoms with Gasteiger partial charge in [0.2, 0.25) is 0 Å². The lowest BCUT2D eigenvalue weighted by Gasteiger charge is -2.20. The van der Waals surface area contributed by atoms with Gasteiger partial charge in [-0.1, -0.05) is 26.0 Å². The fourth-order valence-electron chi connectivity index (χ4n) is 1.13. The van der Waals surface area contributed by atoms with Crippen LogP contribution in [0.4, 0.5) is 13.2 Å². The summed E-state index contributed by atoms with van der Waals surface area (Å²) in [6, 6.07) is 3.72. The lowest BCUT2D eigenvalue weighted by molar-refractivity contribution is -0.108. The summed E-state index contributed by atoms with van der Waals surface area (Å²) in [5.74, 6) is -4.51. The summed E-state index contributed by atoms with van der Waals surface area (Å²) in [6.07, 6.45) is -1.90. The second-order valence-electron chi connectivity index (χ2n) is 3.24. The molecule has 1 N–H and O–H groups in total. The number of halogens is 3. The van der Waals surface area contributed by atoms with Crippen LogP contribution < -0.4 is 0 Å². The van der Waals surface area contributed by atoms with Gasteiger partial charge >= 0.3 is 5.92 Å². The first-order valence-electron chi connectivity index (χ1n) is 5.19. The highest BCUT2D eigenvalue weighted by atomic mass is 19.3. The average Bonchev–Trinajstić information content (AvgIpc) is 2.24. The summed E-state index contributed by atoms with van der Waals surface area (Å²) in [5.41, 5.74) is -0.615. The second kappa shape index (κ2) is 5.89. The molecule has 0 aromatic heterocycles.